The first-order chi connectivity index (χ1) is 7.19. The lowest BCUT2D eigenvalue weighted by atomic mass is 10.3. The van der Waals surface area contributed by atoms with Crippen LogP contribution in [0.15, 0.2) is 4.99 Å². The molecule has 5 nitrogen and oxygen atoms in total. The molecule has 1 saturated heterocycles. The molecule has 1 rings (SSSR count). The zero-order chi connectivity index (χ0) is 11.3. The van der Waals surface area contributed by atoms with E-state index in [2.05, 4.69) is 22.1 Å². The molecule has 0 aromatic carbocycles. The molecule has 1 amide bonds. The normalized spacial score (nSPS) is 17.9. The van der Waals surface area contributed by atoms with Gasteiger partial charge in [0.1, 0.15) is 0 Å². The highest BCUT2D eigenvalue weighted by Gasteiger charge is 2.20. The molecule has 1 N–H and O–H groups in total. The van der Waals surface area contributed by atoms with E-state index in [1.165, 1.54) is 0 Å². The maximum absolute atomic E-state index is 11.1. The van der Waals surface area contributed by atoms with E-state index in [1.807, 2.05) is 4.90 Å². The second-order valence-corrected chi connectivity index (χ2v) is 3.57. The Balaban J connectivity index is 2.45. The molecule has 0 bridgehead atoms. The van der Waals surface area contributed by atoms with Crippen molar-refractivity contribution in [2.24, 2.45) is 4.99 Å². The number of rotatable bonds is 1. The van der Waals surface area contributed by atoms with Crippen molar-refractivity contribution in [3.63, 3.8) is 0 Å². The third-order valence-electron chi connectivity index (χ3n) is 2.57. The maximum atomic E-state index is 11.1. The minimum absolute atomic E-state index is 0.160. The molecule has 0 atom stereocenters. The Bertz CT molecular complexity index is 244. The van der Waals surface area contributed by atoms with Crippen molar-refractivity contribution in [2.45, 2.75) is 13.8 Å². The van der Waals surface area contributed by atoms with Crippen LogP contribution in [-0.4, -0.2) is 61.4 Å². The zero-order valence-corrected chi connectivity index (χ0v) is 9.79. The Morgan fingerprint density at radius 1 is 1.27 bits per heavy atom. The van der Waals surface area contributed by atoms with Crippen LogP contribution in [0.2, 0.25) is 0 Å². The third-order valence-corrected chi connectivity index (χ3v) is 2.57. The average Bonchev–Trinajstić information content (AvgIpc) is 2.26. The summed E-state index contributed by atoms with van der Waals surface area (Å²) < 4.78 is 0. The van der Waals surface area contributed by atoms with Gasteiger partial charge in [0.15, 0.2) is 5.96 Å². The van der Waals surface area contributed by atoms with Gasteiger partial charge < -0.3 is 15.1 Å². The monoisotopic (exact) mass is 212 g/mol. The van der Waals surface area contributed by atoms with Crippen LogP contribution in [0.25, 0.3) is 0 Å². The van der Waals surface area contributed by atoms with Crippen molar-refractivity contribution in [1.82, 2.24) is 15.1 Å². The summed E-state index contributed by atoms with van der Waals surface area (Å²) in [6.45, 7) is 7.85. The van der Waals surface area contributed by atoms with Crippen molar-refractivity contribution >= 4 is 11.9 Å². The van der Waals surface area contributed by atoms with E-state index in [1.54, 1.807) is 14.0 Å². The number of guanidine groups is 1. The van der Waals surface area contributed by atoms with Crippen LogP contribution < -0.4 is 5.32 Å². The Labute approximate surface area is 91.1 Å². The smallest absolute Gasteiger partial charge is 0.219 e. The Morgan fingerprint density at radius 2 is 1.80 bits per heavy atom. The number of nitrogens with zero attached hydrogens (tertiary/aromatic N) is 3. The summed E-state index contributed by atoms with van der Waals surface area (Å²) in [6, 6.07) is 0. The molecule has 0 unspecified atom stereocenters. The second kappa shape index (κ2) is 5.58. The second-order valence-electron chi connectivity index (χ2n) is 3.57. The predicted molar refractivity (Wildman–Crippen MR) is 60.9 cm³/mol. The first-order valence-electron chi connectivity index (χ1n) is 5.40. The van der Waals surface area contributed by atoms with Gasteiger partial charge >= 0.3 is 0 Å². The number of amides is 1. The van der Waals surface area contributed by atoms with Gasteiger partial charge in [-0.15, -0.1) is 0 Å². The Hall–Kier alpha value is -1.26. The van der Waals surface area contributed by atoms with Crippen molar-refractivity contribution in [2.75, 3.05) is 39.8 Å². The first kappa shape index (κ1) is 11.8. The highest BCUT2D eigenvalue weighted by molar-refractivity contribution is 5.80. The molecule has 0 spiro atoms. The summed E-state index contributed by atoms with van der Waals surface area (Å²) >= 11 is 0. The van der Waals surface area contributed by atoms with Crippen LogP contribution in [0.5, 0.6) is 0 Å². The lowest BCUT2D eigenvalue weighted by molar-refractivity contribution is -0.130. The number of hydrogen-bond donors (Lipinski definition) is 1. The van der Waals surface area contributed by atoms with E-state index in [-0.39, 0.29) is 5.91 Å². The van der Waals surface area contributed by atoms with E-state index >= 15 is 0 Å². The number of hydrogen-bond acceptors (Lipinski definition) is 2. The molecule has 0 radical (unpaired) electrons. The van der Waals surface area contributed by atoms with Crippen molar-refractivity contribution < 1.29 is 4.79 Å². The summed E-state index contributed by atoms with van der Waals surface area (Å²) in [5, 5.41) is 3.22. The third kappa shape index (κ3) is 3.11. The minimum Gasteiger partial charge on any atom is -0.357 e. The number of carbonyl (C=O) groups excluding carboxylic acids is 1. The highest BCUT2D eigenvalue weighted by Crippen LogP contribution is 2.02. The SMILES string of the molecule is CCNC(=NC)N1CCN(C(C)=O)CC1. The zero-order valence-electron chi connectivity index (χ0n) is 9.79. The molecule has 15 heavy (non-hydrogen) atoms. The van der Waals surface area contributed by atoms with Crippen molar-refractivity contribution in [3.05, 3.63) is 0 Å². The quantitative estimate of drug-likeness (QED) is 0.481. The molecule has 1 fully saturated rings. The van der Waals surface area contributed by atoms with Crippen LogP contribution in [0.4, 0.5) is 0 Å². The van der Waals surface area contributed by atoms with Gasteiger partial charge in [-0.2, -0.15) is 0 Å². The summed E-state index contributed by atoms with van der Waals surface area (Å²) in [4.78, 5) is 19.4. The van der Waals surface area contributed by atoms with E-state index in [4.69, 9.17) is 0 Å². The topological polar surface area (TPSA) is 47.9 Å². The standard InChI is InChI=1S/C10H20N4O/c1-4-12-10(11-3)14-7-5-13(6-8-14)9(2)15/h4-8H2,1-3H3,(H,11,12). The largest absolute Gasteiger partial charge is 0.357 e. The molecule has 0 aliphatic carbocycles. The fourth-order valence-corrected chi connectivity index (χ4v) is 1.72. The molecule has 1 aliphatic rings. The van der Waals surface area contributed by atoms with E-state index in [9.17, 15) is 4.79 Å². The molecule has 5 heteroatoms. The van der Waals surface area contributed by atoms with Gasteiger partial charge in [-0.3, -0.25) is 9.79 Å². The number of nitrogens with one attached hydrogen (secondary N) is 1. The summed E-state index contributed by atoms with van der Waals surface area (Å²) in [6.07, 6.45) is 0. The van der Waals surface area contributed by atoms with Gasteiger partial charge in [-0.25, -0.2) is 0 Å². The van der Waals surface area contributed by atoms with Gasteiger partial charge in [0.2, 0.25) is 5.91 Å². The fourth-order valence-electron chi connectivity index (χ4n) is 1.72. The minimum atomic E-state index is 0.160. The van der Waals surface area contributed by atoms with Gasteiger partial charge in [-0.1, -0.05) is 0 Å². The molecular formula is C10H20N4O. The molecular weight excluding hydrogens is 192 g/mol. The van der Waals surface area contributed by atoms with Crippen LogP contribution >= 0.6 is 0 Å². The van der Waals surface area contributed by atoms with Crippen molar-refractivity contribution in [1.29, 1.82) is 0 Å². The Morgan fingerprint density at radius 3 is 2.20 bits per heavy atom. The predicted octanol–water partition coefficient (Wildman–Crippen LogP) is -0.254. The fraction of sp³-hybridized carbons (Fsp3) is 0.800. The molecule has 0 aromatic rings. The van der Waals surface area contributed by atoms with Gasteiger partial charge in [0.05, 0.1) is 0 Å². The lowest BCUT2D eigenvalue weighted by Crippen LogP contribution is -2.53. The van der Waals surface area contributed by atoms with Crippen LogP contribution in [0.3, 0.4) is 0 Å². The maximum Gasteiger partial charge on any atom is 0.219 e. The molecule has 1 aliphatic heterocycles. The summed E-state index contributed by atoms with van der Waals surface area (Å²) in [5.41, 5.74) is 0. The van der Waals surface area contributed by atoms with E-state index in [0.29, 0.717) is 0 Å². The average molecular weight is 212 g/mol. The van der Waals surface area contributed by atoms with E-state index < -0.39 is 0 Å². The van der Waals surface area contributed by atoms with Gasteiger partial charge in [0, 0.05) is 46.7 Å². The molecule has 1 heterocycles. The van der Waals surface area contributed by atoms with Crippen LogP contribution in [0, 0.1) is 0 Å². The highest BCUT2D eigenvalue weighted by atomic mass is 16.2. The number of piperazine rings is 1. The summed E-state index contributed by atoms with van der Waals surface area (Å²) in [5.74, 6) is 1.09. The van der Waals surface area contributed by atoms with Gasteiger partial charge in [0.25, 0.3) is 0 Å². The summed E-state index contributed by atoms with van der Waals surface area (Å²) in [7, 11) is 1.79. The van der Waals surface area contributed by atoms with Gasteiger partial charge in [-0.05, 0) is 6.92 Å². The number of aliphatic imine (C=N–C) groups is 1. The molecule has 0 aromatic heterocycles. The van der Waals surface area contributed by atoms with Crippen LogP contribution in [-0.2, 0) is 4.79 Å². The Kier molecular flexibility index (Phi) is 4.39. The van der Waals surface area contributed by atoms with Crippen molar-refractivity contribution in [3.8, 4) is 0 Å². The molecule has 0 saturated carbocycles. The van der Waals surface area contributed by atoms with Crippen LogP contribution in [0.1, 0.15) is 13.8 Å². The lowest BCUT2D eigenvalue weighted by Gasteiger charge is -2.35. The first-order valence-corrected chi connectivity index (χ1v) is 5.40. The molecule has 86 valence electrons. The number of carbonyl (C=O) groups is 1. The van der Waals surface area contributed by atoms with E-state index in [0.717, 1.165) is 38.7 Å².